The highest BCUT2D eigenvalue weighted by atomic mass is 16.3. The molecule has 0 radical (unpaired) electrons. The van der Waals surface area contributed by atoms with E-state index in [4.69, 9.17) is 5.26 Å². The van der Waals surface area contributed by atoms with Gasteiger partial charge in [0.05, 0.1) is 0 Å². The lowest BCUT2D eigenvalue weighted by Crippen LogP contribution is -1.89. The van der Waals surface area contributed by atoms with Gasteiger partial charge < -0.3 is 5.11 Å². The van der Waals surface area contributed by atoms with Gasteiger partial charge >= 0.3 is 0 Å². The van der Waals surface area contributed by atoms with Crippen molar-refractivity contribution in [3.63, 3.8) is 0 Å². The van der Waals surface area contributed by atoms with Crippen molar-refractivity contribution in [1.82, 2.24) is 4.98 Å². The van der Waals surface area contributed by atoms with Crippen LogP contribution < -0.4 is 0 Å². The summed E-state index contributed by atoms with van der Waals surface area (Å²) >= 11 is 0. The third kappa shape index (κ3) is 1.40. The molecule has 3 heteroatoms. The average Bonchev–Trinajstić information content (AvgIpc) is 2.25. The summed E-state index contributed by atoms with van der Waals surface area (Å²) in [5.41, 5.74) is 2.66. The van der Waals surface area contributed by atoms with E-state index in [0.717, 1.165) is 16.5 Å². The molecule has 2 rings (SSSR count). The molecule has 1 aromatic heterocycles. The van der Waals surface area contributed by atoms with E-state index in [2.05, 4.69) is 4.98 Å². The van der Waals surface area contributed by atoms with Crippen LogP contribution in [0.5, 0.6) is 5.75 Å². The van der Waals surface area contributed by atoms with E-state index in [9.17, 15) is 5.11 Å². The van der Waals surface area contributed by atoms with Crippen molar-refractivity contribution in [3.05, 3.63) is 35.0 Å². The number of nitriles is 1. The fourth-order valence-corrected chi connectivity index (χ4v) is 1.68. The van der Waals surface area contributed by atoms with Crippen molar-refractivity contribution >= 4 is 10.9 Å². The Balaban J connectivity index is 2.93. The van der Waals surface area contributed by atoms with E-state index in [1.165, 1.54) is 0 Å². The minimum atomic E-state index is 0.160. The number of fused-ring (bicyclic) bond motifs is 1. The van der Waals surface area contributed by atoms with Gasteiger partial charge in [-0.2, -0.15) is 5.26 Å². The lowest BCUT2D eigenvalue weighted by molar-refractivity contribution is 0.476. The lowest BCUT2D eigenvalue weighted by atomic mass is 10.0. The van der Waals surface area contributed by atoms with E-state index < -0.39 is 0 Å². The van der Waals surface area contributed by atoms with Crippen LogP contribution >= 0.6 is 0 Å². The van der Waals surface area contributed by atoms with Gasteiger partial charge in [0.2, 0.25) is 0 Å². The van der Waals surface area contributed by atoms with Crippen LogP contribution in [-0.4, -0.2) is 10.1 Å². The minimum absolute atomic E-state index is 0.160. The summed E-state index contributed by atoms with van der Waals surface area (Å²) in [6, 6.07) is 7.34. The van der Waals surface area contributed by atoms with Crippen molar-refractivity contribution in [2.24, 2.45) is 0 Å². The number of phenols is 1. The van der Waals surface area contributed by atoms with Gasteiger partial charge in [0.25, 0.3) is 0 Å². The third-order valence-electron chi connectivity index (χ3n) is 2.47. The monoisotopic (exact) mass is 198 g/mol. The van der Waals surface area contributed by atoms with Crippen LogP contribution in [0.2, 0.25) is 0 Å². The molecule has 0 atom stereocenters. The highest BCUT2D eigenvalue weighted by molar-refractivity contribution is 5.88. The van der Waals surface area contributed by atoms with Gasteiger partial charge in [-0.15, -0.1) is 0 Å². The number of hydrogen-bond donors (Lipinski definition) is 1. The molecule has 0 bridgehead atoms. The summed E-state index contributed by atoms with van der Waals surface area (Å²) in [6.45, 7) is 3.78. The van der Waals surface area contributed by atoms with Crippen LogP contribution in [0.1, 0.15) is 16.8 Å². The molecule has 0 aliphatic rings. The number of aromatic hydroxyl groups is 1. The lowest BCUT2D eigenvalue weighted by Gasteiger charge is -2.06. The number of aryl methyl sites for hydroxylation is 2. The first kappa shape index (κ1) is 9.47. The van der Waals surface area contributed by atoms with Crippen LogP contribution in [0, 0.1) is 25.2 Å². The predicted molar refractivity (Wildman–Crippen MR) is 57.6 cm³/mol. The molecule has 3 nitrogen and oxygen atoms in total. The number of hydrogen-bond acceptors (Lipinski definition) is 3. The summed E-state index contributed by atoms with van der Waals surface area (Å²) in [7, 11) is 0. The van der Waals surface area contributed by atoms with Crippen molar-refractivity contribution in [1.29, 1.82) is 5.26 Å². The summed E-state index contributed by atoms with van der Waals surface area (Å²) < 4.78 is 0. The molecular weight excluding hydrogens is 188 g/mol. The minimum Gasteiger partial charge on any atom is -0.505 e. The number of rotatable bonds is 0. The third-order valence-corrected chi connectivity index (χ3v) is 2.47. The maximum Gasteiger partial charge on any atom is 0.144 e. The normalized spacial score (nSPS) is 10.2. The molecule has 15 heavy (non-hydrogen) atoms. The topological polar surface area (TPSA) is 56.9 Å². The summed E-state index contributed by atoms with van der Waals surface area (Å²) in [6.07, 6.45) is 0. The number of nitrogens with zero attached hydrogens (tertiary/aromatic N) is 2. The zero-order chi connectivity index (χ0) is 11.0. The Kier molecular flexibility index (Phi) is 2.05. The Labute approximate surface area is 87.6 Å². The Morgan fingerprint density at radius 1 is 1.27 bits per heavy atom. The zero-order valence-corrected chi connectivity index (χ0v) is 8.57. The fraction of sp³-hybridized carbons (Fsp3) is 0.167. The quantitative estimate of drug-likeness (QED) is 0.707. The summed E-state index contributed by atoms with van der Waals surface area (Å²) in [5, 5.41) is 19.4. The fourth-order valence-electron chi connectivity index (χ4n) is 1.68. The molecule has 0 aliphatic heterocycles. The van der Waals surface area contributed by atoms with Crippen molar-refractivity contribution in [3.8, 4) is 11.8 Å². The van der Waals surface area contributed by atoms with Gasteiger partial charge in [0.1, 0.15) is 23.0 Å². The smallest absolute Gasteiger partial charge is 0.144 e. The van der Waals surface area contributed by atoms with Gasteiger partial charge in [-0.1, -0.05) is 6.07 Å². The Morgan fingerprint density at radius 2 is 2.00 bits per heavy atom. The highest BCUT2D eigenvalue weighted by Crippen LogP contribution is 2.29. The number of aromatic nitrogens is 1. The van der Waals surface area contributed by atoms with Crippen molar-refractivity contribution < 1.29 is 5.11 Å². The molecule has 0 amide bonds. The maximum atomic E-state index is 9.83. The van der Waals surface area contributed by atoms with Crippen LogP contribution in [0.4, 0.5) is 0 Å². The summed E-state index contributed by atoms with van der Waals surface area (Å²) in [5.74, 6) is 0.160. The number of pyridine rings is 1. The molecule has 1 heterocycles. The Bertz CT molecular complexity index is 582. The molecule has 1 aromatic carbocycles. The molecule has 0 spiro atoms. The number of phenolic OH excluding ortho intramolecular Hbond substituents is 1. The van der Waals surface area contributed by atoms with E-state index in [1.54, 1.807) is 6.07 Å². The first-order chi connectivity index (χ1) is 7.13. The number of benzene rings is 1. The molecule has 74 valence electrons. The molecule has 2 aromatic rings. The Morgan fingerprint density at radius 3 is 2.67 bits per heavy atom. The second kappa shape index (κ2) is 3.25. The first-order valence-corrected chi connectivity index (χ1v) is 4.63. The largest absolute Gasteiger partial charge is 0.505 e. The van der Waals surface area contributed by atoms with Gasteiger partial charge in [0, 0.05) is 5.39 Å². The van der Waals surface area contributed by atoms with E-state index >= 15 is 0 Å². The molecule has 0 aliphatic carbocycles. The molecule has 0 unspecified atom stereocenters. The summed E-state index contributed by atoms with van der Waals surface area (Å²) in [4.78, 5) is 4.10. The van der Waals surface area contributed by atoms with Gasteiger partial charge in [-0.05, 0) is 37.1 Å². The molecular formula is C12H10N2O. The van der Waals surface area contributed by atoms with E-state index in [0.29, 0.717) is 11.2 Å². The second-order valence-electron chi connectivity index (χ2n) is 3.56. The SMILES string of the molecule is Cc1cc(C)c2ccc(C#N)nc2c1O. The molecule has 1 N–H and O–H groups in total. The van der Waals surface area contributed by atoms with Gasteiger partial charge in [0.15, 0.2) is 0 Å². The van der Waals surface area contributed by atoms with Gasteiger partial charge in [-0.25, -0.2) is 4.98 Å². The zero-order valence-electron chi connectivity index (χ0n) is 8.57. The molecule has 0 fully saturated rings. The van der Waals surface area contributed by atoms with Crippen LogP contribution in [-0.2, 0) is 0 Å². The Hall–Kier alpha value is -2.08. The van der Waals surface area contributed by atoms with Crippen molar-refractivity contribution in [2.75, 3.05) is 0 Å². The van der Waals surface area contributed by atoms with Crippen molar-refractivity contribution in [2.45, 2.75) is 13.8 Å². The molecule has 0 saturated carbocycles. The predicted octanol–water partition coefficient (Wildman–Crippen LogP) is 2.43. The maximum absolute atomic E-state index is 9.83. The standard InChI is InChI=1S/C12H10N2O/c1-7-5-8(2)12(15)11-10(7)4-3-9(6-13)14-11/h3-5,15H,1-2H3. The van der Waals surface area contributed by atoms with Crippen LogP contribution in [0.3, 0.4) is 0 Å². The highest BCUT2D eigenvalue weighted by Gasteiger charge is 2.08. The van der Waals surface area contributed by atoms with E-state index in [-0.39, 0.29) is 5.75 Å². The van der Waals surface area contributed by atoms with E-state index in [1.807, 2.05) is 32.0 Å². The average molecular weight is 198 g/mol. The molecule has 0 saturated heterocycles. The first-order valence-electron chi connectivity index (χ1n) is 4.63. The van der Waals surface area contributed by atoms with Crippen LogP contribution in [0.15, 0.2) is 18.2 Å². The van der Waals surface area contributed by atoms with Gasteiger partial charge in [-0.3, -0.25) is 0 Å². The second-order valence-corrected chi connectivity index (χ2v) is 3.56. The van der Waals surface area contributed by atoms with Crippen LogP contribution in [0.25, 0.3) is 10.9 Å².